The van der Waals surface area contributed by atoms with Gasteiger partial charge >= 0.3 is 0 Å². The molecule has 0 aliphatic carbocycles. The highest BCUT2D eigenvalue weighted by molar-refractivity contribution is 6.05. The van der Waals surface area contributed by atoms with E-state index in [0.717, 1.165) is 22.5 Å². The molecule has 0 fully saturated rings. The van der Waals surface area contributed by atoms with Crippen molar-refractivity contribution in [3.8, 4) is 0 Å². The van der Waals surface area contributed by atoms with Gasteiger partial charge in [0.05, 0.1) is 5.56 Å². The van der Waals surface area contributed by atoms with Crippen LogP contribution in [0.25, 0.3) is 0 Å². The van der Waals surface area contributed by atoms with E-state index in [1.165, 1.54) is 0 Å². The van der Waals surface area contributed by atoms with Gasteiger partial charge in [0.15, 0.2) is 0 Å². The summed E-state index contributed by atoms with van der Waals surface area (Å²) in [7, 11) is 0. The van der Waals surface area contributed by atoms with Crippen molar-refractivity contribution < 1.29 is 4.79 Å². The first-order chi connectivity index (χ1) is 12.6. The van der Waals surface area contributed by atoms with Crippen molar-refractivity contribution in [3.63, 3.8) is 0 Å². The van der Waals surface area contributed by atoms with Gasteiger partial charge in [-0.15, -0.1) is 0 Å². The molecule has 0 aliphatic rings. The summed E-state index contributed by atoms with van der Waals surface area (Å²) in [5.74, 6) is 0.360. The normalized spacial score (nSPS) is 10.4. The highest BCUT2D eigenvalue weighted by Crippen LogP contribution is 2.22. The van der Waals surface area contributed by atoms with Crippen molar-refractivity contribution in [1.29, 1.82) is 0 Å². The van der Waals surface area contributed by atoms with E-state index in [1.54, 1.807) is 17.3 Å². The number of carbonyl (C=O) groups excluding carboxylic acids is 1. The van der Waals surface area contributed by atoms with Gasteiger partial charge in [-0.2, -0.15) is 0 Å². The number of benzene rings is 2. The third kappa shape index (κ3) is 3.72. The number of para-hydroxylation sites is 2. The maximum absolute atomic E-state index is 12.8. The van der Waals surface area contributed by atoms with Crippen molar-refractivity contribution in [1.82, 2.24) is 9.97 Å². The first-order valence-corrected chi connectivity index (χ1v) is 8.62. The molecule has 0 spiro atoms. The number of nitrogens with one attached hydrogen (secondary N) is 1. The van der Waals surface area contributed by atoms with E-state index < -0.39 is 0 Å². The summed E-state index contributed by atoms with van der Waals surface area (Å²) in [5.41, 5.74) is 4.55. The van der Waals surface area contributed by atoms with Crippen LogP contribution in [-0.2, 0) is 0 Å². The Morgan fingerprint density at radius 1 is 0.962 bits per heavy atom. The maximum Gasteiger partial charge on any atom is 0.261 e. The lowest BCUT2D eigenvalue weighted by atomic mass is 10.1. The zero-order valence-corrected chi connectivity index (χ0v) is 15.2. The second-order valence-corrected chi connectivity index (χ2v) is 6.07. The summed E-state index contributed by atoms with van der Waals surface area (Å²) in [5, 5.41) is 3.23. The minimum Gasteiger partial charge on any atom is -0.324 e. The van der Waals surface area contributed by atoms with Crippen molar-refractivity contribution in [2.75, 3.05) is 16.8 Å². The van der Waals surface area contributed by atoms with Crippen molar-refractivity contribution in [3.05, 3.63) is 77.6 Å². The van der Waals surface area contributed by atoms with E-state index in [4.69, 9.17) is 0 Å². The summed E-state index contributed by atoms with van der Waals surface area (Å²) in [4.78, 5) is 23.1. The van der Waals surface area contributed by atoms with Crippen LogP contribution < -0.4 is 10.2 Å². The Morgan fingerprint density at radius 3 is 2.15 bits per heavy atom. The fourth-order valence-electron chi connectivity index (χ4n) is 2.83. The van der Waals surface area contributed by atoms with Gasteiger partial charge in [-0.05, 0) is 44.0 Å². The molecule has 2 aromatic carbocycles. The van der Waals surface area contributed by atoms with Crippen molar-refractivity contribution >= 4 is 23.2 Å². The predicted molar refractivity (Wildman–Crippen MR) is 105 cm³/mol. The first-order valence-electron chi connectivity index (χ1n) is 8.62. The lowest BCUT2D eigenvalue weighted by molar-refractivity contribution is 0.0987. The fourth-order valence-corrected chi connectivity index (χ4v) is 2.83. The van der Waals surface area contributed by atoms with E-state index in [2.05, 4.69) is 15.3 Å². The van der Waals surface area contributed by atoms with Gasteiger partial charge in [-0.25, -0.2) is 9.97 Å². The zero-order chi connectivity index (χ0) is 18.5. The maximum atomic E-state index is 12.8. The van der Waals surface area contributed by atoms with Crippen LogP contribution in [0, 0.1) is 13.8 Å². The molecule has 1 amide bonds. The van der Waals surface area contributed by atoms with Gasteiger partial charge in [0.25, 0.3) is 5.91 Å². The molecule has 5 heteroatoms. The van der Waals surface area contributed by atoms with E-state index in [9.17, 15) is 4.79 Å². The SMILES string of the molecule is CCN(C(=O)c1cnc(Nc2c(C)cccc2C)nc1)c1ccccc1. The minimum absolute atomic E-state index is 0.114. The smallest absolute Gasteiger partial charge is 0.261 e. The summed E-state index contributed by atoms with van der Waals surface area (Å²) in [6.07, 6.45) is 3.13. The Balaban J connectivity index is 1.80. The number of hydrogen-bond acceptors (Lipinski definition) is 4. The lowest BCUT2D eigenvalue weighted by Crippen LogP contribution is -2.30. The van der Waals surface area contributed by atoms with Crippen LogP contribution in [0.5, 0.6) is 0 Å². The molecule has 5 nitrogen and oxygen atoms in total. The lowest BCUT2D eigenvalue weighted by Gasteiger charge is -2.20. The number of anilines is 3. The number of aryl methyl sites for hydroxylation is 2. The Labute approximate surface area is 153 Å². The second-order valence-electron chi connectivity index (χ2n) is 6.07. The number of amides is 1. The van der Waals surface area contributed by atoms with Gasteiger partial charge in [0, 0.05) is 30.3 Å². The van der Waals surface area contributed by atoms with Gasteiger partial charge in [-0.3, -0.25) is 4.79 Å². The molecule has 0 radical (unpaired) electrons. The quantitative estimate of drug-likeness (QED) is 0.739. The molecule has 0 unspecified atom stereocenters. The van der Waals surface area contributed by atoms with Crippen molar-refractivity contribution in [2.24, 2.45) is 0 Å². The highest BCUT2D eigenvalue weighted by atomic mass is 16.2. The molecule has 1 aromatic heterocycles. The van der Waals surface area contributed by atoms with E-state index in [1.807, 2.05) is 69.3 Å². The Kier molecular flexibility index (Phi) is 5.27. The van der Waals surface area contributed by atoms with Crippen LogP contribution in [0.1, 0.15) is 28.4 Å². The van der Waals surface area contributed by atoms with Crippen LogP contribution in [0.4, 0.5) is 17.3 Å². The molecule has 132 valence electrons. The molecule has 1 N–H and O–H groups in total. The van der Waals surface area contributed by atoms with Crippen LogP contribution in [0.2, 0.25) is 0 Å². The number of hydrogen-bond donors (Lipinski definition) is 1. The number of nitrogens with zero attached hydrogens (tertiary/aromatic N) is 3. The molecular weight excluding hydrogens is 324 g/mol. The average Bonchev–Trinajstić information content (AvgIpc) is 2.67. The minimum atomic E-state index is -0.114. The van der Waals surface area contributed by atoms with Gasteiger partial charge in [-0.1, -0.05) is 36.4 Å². The summed E-state index contributed by atoms with van der Waals surface area (Å²) < 4.78 is 0. The standard InChI is InChI=1S/C21H22N4O/c1-4-25(18-11-6-5-7-12-18)20(26)17-13-22-21(23-14-17)24-19-15(2)9-8-10-16(19)3/h5-14H,4H2,1-3H3,(H,22,23,24). The van der Waals surface area contributed by atoms with Crippen LogP contribution in [-0.4, -0.2) is 22.4 Å². The number of aromatic nitrogens is 2. The number of rotatable bonds is 5. The topological polar surface area (TPSA) is 58.1 Å². The third-order valence-electron chi connectivity index (χ3n) is 4.25. The first kappa shape index (κ1) is 17.6. The fraction of sp³-hybridized carbons (Fsp3) is 0.190. The van der Waals surface area contributed by atoms with E-state index in [0.29, 0.717) is 18.1 Å². The molecule has 0 saturated carbocycles. The molecular formula is C21H22N4O. The van der Waals surface area contributed by atoms with Gasteiger partial charge in [0.2, 0.25) is 5.95 Å². The predicted octanol–water partition coefficient (Wildman–Crippen LogP) is 4.50. The Bertz CT molecular complexity index is 871. The molecule has 0 aliphatic heterocycles. The Hall–Kier alpha value is -3.21. The molecule has 26 heavy (non-hydrogen) atoms. The summed E-state index contributed by atoms with van der Waals surface area (Å²) in [6.45, 7) is 6.59. The van der Waals surface area contributed by atoms with E-state index >= 15 is 0 Å². The molecule has 1 heterocycles. The van der Waals surface area contributed by atoms with Crippen LogP contribution >= 0.6 is 0 Å². The zero-order valence-electron chi connectivity index (χ0n) is 15.2. The summed E-state index contributed by atoms with van der Waals surface area (Å²) >= 11 is 0. The molecule has 0 saturated heterocycles. The highest BCUT2D eigenvalue weighted by Gasteiger charge is 2.17. The molecule has 3 rings (SSSR count). The molecule has 3 aromatic rings. The van der Waals surface area contributed by atoms with Crippen LogP contribution in [0.15, 0.2) is 60.9 Å². The van der Waals surface area contributed by atoms with Gasteiger partial charge in [0.1, 0.15) is 0 Å². The second kappa shape index (κ2) is 7.78. The monoisotopic (exact) mass is 346 g/mol. The number of carbonyl (C=O) groups is 1. The molecule has 0 bridgehead atoms. The molecule has 0 atom stereocenters. The summed E-state index contributed by atoms with van der Waals surface area (Å²) in [6, 6.07) is 15.7. The van der Waals surface area contributed by atoms with Crippen LogP contribution in [0.3, 0.4) is 0 Å². The largest absolute Gasteiger partial charge is 0.324 e. The van der Waals surface area contributed by atoms with E-state index in [-0.39, 0.29) is 5.91 Å². The third-order valence-corrected chi connectivity index (χ3v) is 4.25. The Morgan fingerprint density at radius 2 is 1.58 bits per heavy atom. The van der Waals surface area contributed by atoms with Crippen molar-refractivity contribution in [2.45, 2.75) is 20.8 Å². The van der Waals surface area contributed by atoms with Gasteiger partial charge < -0.3 is 10.2 Å². The average molecular weight is 346 g/mol.